The highest BCUT2D eigenvalue weighted by atomic mass is 35.5. The number of fused-ring (bicyclic) bond motifs is 1. The largest absolute Gasteiger partial charge is 0.492 e. The van der Waals surface area contributed by atoms with E-state index in [-0.39, 0.29) is 18.5 Å². The van der Waals surface area contributed by atoms with E-state index in [4.69, 9.17) is 32.4 Å². The Morgan fingerprint density at radius 3 is 2.67 bits per heavy atom. The van der Waals surface area contributed by atoms with Crippen molar-refractivity contribution in [1.29, 1.82) is 0 Å². The van der Waals surface area contributed by atoms with Gasteiger partial charge in [0.2, 0.25) is 0 Å². The fourth-order valence-corrected chi connectivity index (χ4v) is 2.79. The molecule has 0 aliphatic rings. The normalized spacial score (nSPS) is 11.0. The van der Waals surface area contributed by atoms with Crippen molar-refractivity contribution in [2.75, 3.05) is 6.61 Å². The molecule has 0 aliphatic heterocycles. The molecule has 0 fully saturated rings. The number of ether oxygens (including phenoxy) is 1. The van der Waals surface area contributed by atoms with E-state index in [0.717, 1.165) is 5.56 Å². The van der Waals surface area contributed by atoms with Crippen LogP contribution in [0.4, 0.5) is 0 Å². The van der Waals surface area contributed by atoms with Gasteiger partial charge in [0.25, 0.3) is 0 Å². The van der Waals surface area contributed by atoms with Crippen LogP contribution in [-0.2, 0) is 6.54 Å². The van der Waals surface area contributed by atoms with Gasteiger partial charge in [-0.2, -0.15) is 0 Å². The number of benzene rings is 2. The van der Waals surface area contributed by atoms with Crippen LogP contribution in [0, 0.1) is 6.92 Å². The van der Waals surface area contributed by atoms with Crippen molar-refractivity contribution < 1.29 is 9.15 Å². The van der Waals surface area contributed by atoms with Gasteiger partial charge in [0.15, 0.2) is 0 Å². The van der Waals surface area contributed by atoms with E-state index in [2.05, 4.69) is 0 Å². The van der Waals surface area contributed by atoms with Crippen LogP contribution in [0.15, 0.2) is 50.4 Å². The lowest BCUT2D eigenvalue weighted by molar-refractivity contribution is 0.287. The number of halogens is 2. The number of aryl methyl sites for hydroxylation is 1. The lowest BCUT2D eigenvalue weighted by atomic mass is 10.2. The van der Waals surface area contributed by atoms with Gasteiger partial charge in [0.1, 0.15) is 12.4 Å². The van der Waals surface area contributed by atoms with Crippen molar-refractivity contribution >= 4 is 34.1 Å². The minimum Gasteiger partial charge on any atom is -0.492 e. The lowest BCUT2D eigenvalue weighted by Crippen LogP contribution is -2.27. The number of rotatable bonds is 4. The van der Waals surface area contributed by atoms with Gasteiger partial charge in [-0.25, -0.2) is 9.59 Å². The van der Waals surface area contributed by atoms with E-state index in [1.807, 2.05) is 6.92 Å². The first-order valence-electron chi connectivity index (χ1n) is 7.18. The maximum Gasteiger partial charge on any atom is 0.422 e. The molecular formula is C17H13Cl2NO4. The van der Waals surface area contributed by atoms with Gasteiger partial charge in [0, 0.05) is 5.02 Å². The number of para-hydroxylation sites is 1. The Morgan fingerprint density at radius 1 is 1.12 bits per heavy atom. The van der Waals surface area contributed by atoms with E-state index in [1.165, 1.54) is 4.57 Å². The summed E-state index contributed by atoms with van der Waals surface area (Å²) in [7, 11) is 0. The second-order valence-corrected chi connectivity index (χ2v) is 6.02. The molecule has 1 aromatic heterocycles. The maximum atomic E-state index is 12.0. The van der Waals surface area contributed by atoms with Gasteiger partial charge in [-0.15, -0.1) is 0 Å². The highest BCUT2D eigenvalue weighted by molar-refractivity contribution is 6.35. The fraction of sp³-hybridized carbons (Fsp3) is 0.176. The fourth-order valence-electron chi connectivity index (χ4n) is 2.40. The molecule has 5 nitrogen and oxygen atoms in total. The van der Waals surface area contributed by atoms with Crippen LogP contribution >= 0.6 is 23.2 Å². The molecule has 1 heterocycles. The monoisotopic (exact) mass is 365 g/mol. The smallest absolute Gasteiger partial charge is 0.422 e. The predicted octanol–water partition coefficient (Wildman–Crippen LogP) is 3.65. The third kappa shape index (κ3) is 3.18. The molecule has 3 aromatic rings. The third-order valence-electron chi connectivity index (χ3n) is 3.59. The Morgan fingerprint density at radius 2 is 1.92 bits per heavy atom. The van der Waals surface area contributed by atoms with Crippen molar-refractivity contribution in [3.63, 3.8) is 0 Å². The Balaban J connectivity index is 1.89. The molecule has 0 saturated carbocycles. The number of aromatic nitrogens is 1. The summed E-state index contributed by atoms with van der Waals surface area (Å²) in [5, 5.41) is 1.21. The summed E-state index contributed by atoms with van der Waals surface area (Å²) in [4.78, 5) is 23.8. The third-order valence-corrected chi connectivity index (χ3v) is 4.32. The molecule has 7 heteroatoms. The molecule has 3 rings (SSSR count). The second-order valence-electron chi connectivity index (χ2n) is 5.20. The molecule has 0 amide bonds. The number of hydrogen-bond acceptors (Lipinski definition) is 4. The van der Waals surface area contributed by atoms with Crippen molar-refractivity contribution in [3.05, 3.63) is 73.0 Å². The van der Waals surface area contributed by atoms with E-state index >= 15 is 0 Å². The van der Waals surface area contributed by atoms with Gasteiger partial charge in [-0.05, 0) is 42.8 Å². The van der Waals surface area contributed by atoms with Crippen LogP contribution < -0.4 is 16.1 Å². The van der Waals surface area contributed by atoms with E-state index in [0.29, 0.717) is 21.3 Å². The van der Waals surface area contributed by atoms with E-state index in [9.17, 15) is 9.59 Å². The highest BCUT2D eigenvalue weighted by Gasteiger charge is 2.12. The Hall–Kier alpha value is -2.24. The molecule has 124 valence electrons. The molecule has 0 atom stereocenters. The molecule has 2 aromatic carbocycles. The molecule has 0 N–H and O–H groups in total. The minimum absolute atomic E-state index is 0.185. The summed E-state index contributed by atoms with van der Waals surface area (Å²) in [5.41, 5.74) is 0.532. The van der Waals surface area contributed by atoms with Gasteiger partial charge < -0.3 is 9.15 Å². The average Bonchev–Trinajstić information content (AvgIpc) is 2.54. The Kier molecular flexibility index (Phi) is 4.64. The summed E-state index contributed by atoms with van der Waals surface area (Å²) in [6.07, 6.45) is 0. The summed E-state index contributed by atoms with van der Waals surface area (Å²) >= 11 is 12.1. The van der Waals surface area contributed by atoms with Crippen LogP contribution in [0.1, 0.15) is 5.56 Å². The maximum absolute atomic E-state index is 12.0. The summed E-state index contributed by atoms with van der Waals surface area (Å²) in [5.74, 6) is -0.130. The Labute approximate surface area is 147 Å². The summed E-state index contributed by atoms with van der Waals surface area (Å²) in [6.45, 7) is 2.26. The van der Waals surface area contributed by atoms with Gasteiger partial charge in [-0.3, -0.25) is 4.57 Å². The first-order valence-corrected chi connectivity index (χ1v) is 7.94. The van der Waals surface area contributed by atoms with Crippen LogP contribution in [-0.4, -0.2) is 11.2 Å². The first-order chi connectivity index (χ1) is 11.5. The molecule has 0 spiro atoms. The molecule has 0 radical (unpaired) electrons. The first kappa shape index (κ1) is 16.6. The van der Waals surface area contributed by atoms with Crippen molar-refractivity contribution in [3.8, 4) is 5.75 Å². The quantitative estimate of drug-likeness (QED) is 0.707. The minimum atomic E-state index is -0.767. The van der Waals surface area contributed by atoms with Crippen LogP contribution in [0.25, 0.3) is 10.9 Å². The predicted molar refractivity (Wildman–Crippen MR) is 93.4 cm³/mol. The number of nitrogens with zero attached hydrogens (tertiary/aromatic N) is 1. The SMILES string of the molecule is Cc1cc(OCCn2c(=O)oc(=O)c3cccc(Cl)c32)ccc1Cl. The van der Waals surface area contributed by atoms with Crippen molar-refractivity contribution in [1.82, 2.24) is 4.57 Å². The number of hydrogen-bond donors (Lipinski definition) is 0. The summed E-state index contributed by atoms with van der Waals surface area (Å²) < 4.78 is 11.7. The average molecular weight is 366 g/mol. The topological polar surface area (TPSA) is 61.4 Å². The van der Waals surface area contributed by atoms with Crippen molar-refractivity contribution in [2.45, 2.75) is 13.5 Å². The lowest BCUT2D eigenvalue weighted by Gasteiger charge is -2.11. The molecule has 0 bridgehead atoms. The molecule has 0 unspecified atom stereocenters. The van der Waals surface area contributed by atoms with Crippen molar-refractivity contribution in [2.24, 2.45) is 0 Å². The Bertz CT molecular complexity index is 1020. The van der Waals surface area contributed by atoms with Gasteiger partial charge in [-0.1, -0.05) is 29.3 Å². The standard InChI is InChI=1S/C17H13Cl2NO4/c1-10-9-11(5-6-13(10)18)23-8-7-20-15-12(3-2-4-14(15)19)16(21)24-17(20)22/h2-6,9H,7-8H2,1H3. The van der Waals surface area contributed by atoms with Crippen LogP contribution in [0.3, 0.4) is 0 Å². The molecular weight excluding hydrogens is 353 g/mol. The van der Waals surface area contributed by atoms with Gasteiger partial charge >= 0.3 is 11.4 Å². The van der Waals surface area contributed by atoms with Crippen LogP contribution in [0.5, 0.6) is 5.75 Å². The van der Waals surface area contributed by atoms with E-state index < -0.39 is 11.4 Å². The molecule has 24 heavy (non-hydrogen) atoms. The highest BCUT2D eigenvalue weighted by Crippen LogP contribution is 2.22. The summed E-state index contributed by atoms with van der Waals surface area (Å²) in [6, 6.07) is 10.1. The van der Waals surface area contributed by atoms with Gasteiger partial charge in [0.05, 0.1) is 22.5 Å². The van der Waals surface area contributed by atoms with Crippen LogP contribution in [0.2, 0.25) is 10.0 Å². The molecule has 0 saturated heterocycles. The zero-order chi connectivity index (χ0) is 17.3. The second kappa shape index (κ2) is 6.71. The van der Waals surface area contributed by atoms with E-state index in [1.54, 1.807) is 36.4 Å². The zero-order valence-electron chi connectivity index (χ0n) is 12.7. The zero-order valence-corrected chi connectivity index (χ0v) is 14.2. The molecule has 0 aliphatic carbocycles.